The Bertz CT molecular complexity index is 830. The van der Waals surface area contributed by atoms with Gasteiger partial charge in [-0.2, -0.15) is 0 Å². The van der Waals surface area contributed by atoms with Gasteiger partial charge in [-0.3, -0.25) is 9.59 Å². The average Bonchev–Trinajstić information content (AvgIpc) is 2.60. The SMILES string of the molecule is C=CC1=CC[C@H]2C(=O)C(C)=CC(=O)[C@@]2(C)[C@H]1c1cc(OC)ccc1O. The summed E-state index contributed by atoms with van der Waals surface area (Å²) in [4.78, 5) is 25.7. The Balaban J connectivity index is 2.26. The summed E-state index contributed by atoms with van der Waals surface area (Å²) in [6.07, 6.45) is 5.59. The van der Waals surface area contributed by atoms with Gasteiger partial charge in [0.15, 0.2) is 11.6 Å². The van der Waals surface area contributed by atoms with E-state index in [0.717, 1.165) is 5.57 Å². The predicted molar refractivity (Wildman–Crippen MR) is 95.7 cm³/mol. The average molecular weight is 338 g/mol. The summed E-state index contributed by atoms with van der Waals surface area (Å²) in [5.41, 5.74) is 0.957. The van der Waals surface area contributed by atoms with E-state index in [0.29, 0.717) is 23.3 Å². The topological polar surface area (TPSA) is 63.6 Å². The van der Waals surface area contributed by atoms with E-state index in [-0.39, 0.29) is 17.3 Å². The van der Waals surface area contributed by atoms with E-state index in [2.05, 4.69) is 6.58 Å². The van der Waals surface area contributed by atoms with Crippen LogP contribution in [0.1, 0.15) is 31.7 Å². The Morgan fingerprint density at radius 1 is 1.36 bits per heavy atom. The van der Waals surface area contributed by atoms with Gasteiger partial charge in [-0.1, -0.05) is 25.7 Å². The Hall–Kier alpha value is -2.62. The smallest absolute Gasteiger partial charge is 0.163 e. The molecule has 0 fully saturated rings. The molecule has 0 saturated carbocycles. The third-order valence-corrected chi connectivity index (χ3v) is 5.61. The third kappa shape index (κ3) is 2.44. The van der Waals surface area contributed by atoms with Gasteiger partial charge in [-0.15, -0.1) is 0 Å². The summed E-state index contributed by atoms with van der Waals surface area (Å²) >= 11 is 0. The normalized spacial score (nSPS) is 28.8. The molecule has 0 amide bonds. The van der Waals surface area contributed by atoms with Crippen LogP contribution in [0.3, 0.4) is 0 Å². The van der Waals surface area contributed by atoms with Crippen molar-refractivity contribution in [2.75, 3.05) is 7.11 Å². The number of Topliss-reactive ketones (excluding diaryl/α,β-unsaturated/α-hetero) is 1. The molecule has 0 aromatic heterocycles. The zero-order chi connectivity index (χ0) is 18.4. The molecule has 0 radical (unpaired) electrons. The van der Waals surface area contributed by atoms with Gasteiger partial charge in [0.2, 0.25) is 0 Å². The van der Waals surface area contributed by atoms with Gasteiger partial charge in [-0.25, -0.2) is 0 Å². The summed E-state index contributed by atoms with van der Waals surface area (Å²) in [7, 11) is 1.55. The van der Waals surface area contributed by atoms with Crippen LogP contribution >= 0.6 is 0 Å². The number of carbonyl (C=O) groups excluding carboxylic acids is 2. The maximum Gasteiger partial charge on any atom is 0.163 e. The van der Waals surface area contributed by atoms with Crippen LogP contribution in [0.5, 0.6) is 11.5 Å². The minimum absolute atomic E-state index is 0.00570. The molecule has 0 bridgehead atoms. The highest BCUT2D eigenvalue weighted by atomic mass is 16.5. The lowest BCUT2D eigenvalue weighted by Crippen LogP contribution is -2.49. The molecule has 0 spiro atoms. The molecule has 2 aliphatic carbocycles. The number of phenolic OH excluding ortho intramolecular Hbond substituents is 1. The van der Waals surface area contributed by atoms with Crippen LogP contribution in [0.4, 0.5) is 0 Å². The van der Waals surface area contributed by atoms with Crippen molar-refractivity contribution in [1.29, 1.82) is 0 Å². The van der Waals surface area contributed by atoms with E-state index in [1.807, 2.05) is 13.0 Å². The molecular weight excluding hydrogens is 316 g/mol. The standard InChI is InChI=1S/C21H22O4/c1-5-13-6-8-16-20(24)12(2)10-18(23)21(16,3)19(13)15-11-14(25-4)7-9-17(15)22/h5-7,9-11,16,19,22H,1,8H2,2-4H3/t16-,19+,21-/m0/s1. The number of benzene rings is 1. The van der Waals surface area contributed by atoms with Crippen molar-refractivity contribution < 1.29 is 19.4 Å². The zero-order valence-corrected chi connectivity index (χ0v) is 14.7. The highest BCUT2D eigenvalue weighted by molar-refractivity contribution is 6.13. The van der Waals surface area contributed by atoms with E-state index in [4.69, 9.17) is 4.74 Å². The number of fused-ring (bicyclic) bond motifs is 1. The first-order valence-electron chi connectivity index (χ1n) is 8.31. The van der Waals surface area contributed by atoms with E-state index in [1.54, 1.807) is 38.3 Å². The lowest BCUT2D eigenvalue weighted by Gasteiger charge is -2.47. The molecule has 2 aliphatic rings. The first-order chi connectivity index (χ1) is 11.8. The first kappa shape index (κ1) is 17.2. The fourth-order valence-electron chi connectivity index (χ4n) is 4.15. The van der Waals surface area contributed by atoms with Gasteiger partial charge in [-0.05, 0) is 48.8 Å². The molecular formula is C21H22O4. The monoisotopic (exact) mass is 338 g/mol. The molecule has 4 nitrogen and oxygen atoms in total. The van der Waals surface area contributed by atoms with E-state index in [9.17, 15) is 14.7 Å². The van der Waals surface area contributed by atoms with Crippen molar-refractivity contribution in [3.63, 3.8) is 0 Å². The van der Waals surface area contributed by atoms with Crippen molar-refractivity contribution in [3.05, 3.63) is 59.7 Å². The van der Waals surface area contributed by atoms with Crippen LogP contribution in [0.2, 0.25) is 0 Å². The van der Waals surface area contributed by atoms with Gasteiger partial charge in [0.1, 0.15) is 11.5 Å². The number of methoxy groups -OCH3 is 1. The van der Waals surface area contributed by atoms with Crippen LogP contribution in [0.15, 0.2) is 54.2 Å². The second kappa shape index (κ2) is 6.03. The number of hydrogen-bond donors (Lipinski definition) is 1. The fourth-order valence-corrected chi connectivity index (χ4v) is 4.15. The molecule has 0 saturated heterocycles. The highest BCUT2D eigenvalue weighted by Crippen LogP contribution is 2.56. The molecule has 0 heterocycles. The van der Waals surface area contributed by atoms with Gasteiger partial charge < -0.3 is 9.84 Å². The van der Waals surface area contributed by atoms with Crippen LogP contribution in [-0.4, -0.2) is 23.8 Å². The molecule has 3 rings (SSSR count). The van der Waals surface area contributed by atoms with E-state index >= 15 is 0 Å². The maximum absolute atomic E-state index is 13.0. The predicted octanol–water partition coefficient (Wildman–Crippen LogP) is 3.72. The molecule has 0 unspecified atom stereocenters. The fraction of sp³-hybridized carbons (Fsp3) is 0.333. The van der Waals surface area contributed by atoms with E-state index < -0.39 is 17.3 Å². The first-order valence-corrected chi connectivity index (χ1v) is 8.31. The molecule has 130 valence electrons. The molecule has 0 aliphatic heterocycles. The Morgan fingerprint density at radius 2 is 2.08 bits per heavy atom. The Morgan fingerprint density at radius 3 is 2.72 bits per heavy atom. The van der Waals surface area contributed by atoms with Crippen molar-refractivity contribution in [2.45, 2.75) is 26.2 Å². The third-order valence-electron chi connectivity index (χ3n) is 5.61. The van der Waals surface area contributed by atoms with Crippen molar-refractivity contribution in [1.82, 2.24) is 0 Å². The molecule has 3 atom stereocenters. The number of allylic oxidation sites excluding steroid dienone is 5. The minimum atomic E-state index is -0.960. The van der Waals surface area contributed by atoms with Gasteiger partial charge >= 0.3 is 0 Å². The van der Waals surface area contributed by atoms with Crippen LogP contribution < -0.4 is 4.74 Å². The number of aromatic hydroxyl groups is 1. The van der Waals surface area contributed by atoms with Gasteiger partial charge in [0.25, 0.3) is 0 Å². The lowest BCUT2D eigenvalue weighted by molar-refractivity contribution is -0.137. The van der Waals surface area contributed by atoms with Crippen molar-refractivity contribution >= 4 is 11.6 Å². The molecule has 1 aromatic rings. The van der Waals surface area contributed by atoms with Crippen LogP contribution in [0, 0.1) is 11.3 Å². The Labute approximate surface area is 147 Å². The minimum Gasteiger partial charge on any atom is -0.508 e. The van der Waals surface area contributed by atoms with E-state index in [1.165, 1.54) is 6.08 Å². The maximum atomic E-state index is 13.0. The molecule has 1 aromatic carbocycles. The molecule has 4 heteroatoms. The number of carbonyl (C=O) groups is 2. The zero-order valence-electron chi connectivity index (χ0n) is 14.7. The highest BCUT2D eigenvalue weighted by Gasteiger charge is 2.55. The van der Waals surface area contributed by atoms with Gasteiger partial charge in [0.05, 0.1) is 12.5 Å². The summed E-state index contributed by atoms with van der Waals surface area (Å²) in [6, 6.07) is 4.95. The summed E-state index contributed by atoms with van der Waals surface area (Å²) < 4.78 is 5.28. The molecule has 25 heavy (non-hydrogen) atoms. The quantitative estimate of drug-likeness (QED) is 0.912. The number of rotatable bonds is 3. The van der Waals surface area contributed by atoms with Crippen LogP contribution in [0.25, 0.3) is 0 Å². The lowest BCUT2D eigenvalue weighted by atomic mass is 9.53. The number of ketones is 2. The molecule has 1 N–H and O–H groups in total. The van der Waals surface area contributed by atoms with Crippen molar-refractivity contribution in [2.24, 2.45) is 11.3 Å². The summed E-state index contributed by atoms with van der Waals surface area (Å²) in [5, 5.41) is 10.5. The van der Waals surface area contributed by atoms with Gasteiger partial charge in [0, 0.05) is 17.4 Å². The second-order valence-corrected chi connectivity index (χ2v) is 6.89. The number of hydrogen-bond acceptors (Lipinski definition) is 4. The Kier molecular flexibility index (Phi) is 4.15. The van der Waals surface area contributed by atoms with Crippen molar-refractivity contribution in [3.8, 4) is 11.5 Å². The second-order valence-electron chi connectivity index (χ2n) is 6.89. The van der Waals surface area contributed by atoms with Crippen LogP contribution in [-0.2, 0) is 9.59 Å². The number of ether oxygens (including phenoxy) is 1. The number of phenols is 1. The summed E-state index contributed by atoms with van der Waals surface area (Å²) in [5.74, 6) is -0.331. The summed E-state index contributed by atoms with van der Waals surface area (Å²) in [6.45, 7) is 7.37. The largest absolute Gasteiger partial charge is 0.508 e.